The van der Waals surface area contributed by atoms with Gasteiger partial charge < -0.3 is 5.73 Å². The first kappa shape index (κ1) is 13.1. The maximum absolute atomic E-state index is 6.37. The van der Waals surface area contributed by atoms with Crippen molar-refractivity contribution in [2.45, 2.75) is 25.3 Å². The van der Waals surface area contributed by atoms with Crippen LogP contribution in [0.4, 0.5) is 0 Å². The first-order valence-electron chi connectivity index (χ1n) is 5.98. The van der Waals surface area contributed by atoms with Crippen molar-refractivity contribution in [1.29, 1.82) is 0 Å². The number of pyridine rings is 1. The summed E-state index contributed by atoms with van der Waals surface area (Å²) >= 11 is 6.12. The Kier molecular flexibility index (Phi) is 4.00. The minimum Gasteiger partial charge on any atom is -0.325 e. The summed E-state index contributed by atoms with van der Waals surface area (Å²) in [6.07, 6.45) is 4.98. The average Bonchev–Trinajstić information content (AvgIpc) is 2.32. The zero-order valence-corrected chi connectivity index (χ0v) is 11.2. The molecule has 1 atom stereocenters. The van der Waals surface area contributed by atoms with E-state index in [1.807, 2.05) is 24.3 Å². The number of rotatable bonds is 4. The molecule has 0 aliphatic rings. The number of nitrogens with zero attached hydrogens (tertiary/aromatic N) is 1. The van der Waals surface area contributed by atoms with E-state index in [1.54, 1.807) is 12.4 Å². The fourth-order valence-electron chi connectivity index (χ4n) is 2.11. The molecular formula is C15H17ClN2. The second kappa shape index (κ2) is 5.51. The van der Waals surface area contributed by atoms with Crippen LogP contribution in [0.3, 0.4) is 0 Å². The normalized spacial score (nSPS) is 14.2. The van der Waals surface area contributed by atoms with Gasteiger partial charge in [0.25, 0.3) is 0 Å². The number of hydrogen-bond donors (Lipinski definition) is 1. The zero-order valence-electron chi connectivity index (χ0n) is 10.4. The van der Waals surface area contributed by atoms with Crippen molar-refractivity contribution in [2.24, 2.45) is 5.73 Å². The van der Waals surface area contributed by atoms with Crippen LogP contribution in [0.25, 0.3) is 0 Å². The molecule has 0 aliphatic carbocycles. The van der Waals surface area contributed by atoms with Gasteiger partial charge in [-0.2, -0.15) is 0 Å². The molecule has 18 heavy (non-hydrogen) atoms. The topological polar surface area (TPSA) is 38.9 Å². The summed E-state index contributed by atoms with van der Waals surface area (Å²) in [5, 5.41) is 0.683. The number of halogens is 1. The number of hydrogen-bond acceptors (Lipinski definition) is 2. The van der Waals surface area contributed by atoms with Crippen LogP contribution in [0.1, 0.15) is 18.1 Å². The predicted molar refractivity (Wildman–Crippen MR) is 75.7 cm³/mol. The highest BCUT2D eigenvalue weighted by atomic mass is 35.5. The van der Waals surface area contributed by atoms with Crippen molar-refractivity contribution in [3.8, 4) is 0 Å². The predicted octanol–water partition coefficient (Wildman–Crippen LogP) is 3.24. The van der Waals surface area contributed by atoms with E-state index in [2.05, 4.69) is 24.0 Å². The molecule has 1 unspecified atom stereocenters. The van der Waals surface area contributed by atoms with Crippen LogP contribution in [0.5, 0.6) is 0 Å². The van der Waals surface area contributed by atoms with Crippen molar-refractivity contribution in [2.75, 3.05) is 0 Å². The van der Waals surface area contributed by atoms with Gasteiger partial charge in [0.05, 0.1) is 5.02 Å². The molecule has 1 aromatic carbocycles. The van der Waals surface area contributed by atoms with E-state index in [0.717, 1.165) is 18.4 Å². The Morgan fingerprint density at radius 1 is 1.17 bits per heavy atom. The molecule has 0 spiro atoms. The summed E-state index contributed by atoms with van der Waals surface area (Å²) in [5.41, 5.74) is 8.35. The van der Waals surface area contributed by atoms with Gasteiger partial charge in [0.1, 0.15) is 0 Å². The van der Waals surface area contributed by atoms with E-state index in [1.165, 1.54) is 5.56 Å². The van der Waals surface area contributed by atoms with Crippen LogP contribution in [0.15, 0.2) is 48.8 Å². The van der Waals surface area contributed by atoms with Crippen molar-refractivity contribution < 1.29 is 0 Å². The summed E-state index contributed by atoms with van der Waals surface area (Å²) < 4.78 is 0. The Hall–Kier alpha value is -1.38. The number of benzene rings is 1. The Morgan fingerprint density at radius 3 is 2.56 bits per heavy atom. The van der Waals surface area contributed by atoms with Crippen molar-refractivity contribution in [3.05, 3.63) is 64.9 Å². The smallest absolute Gasteiger partial charge is 0.0621 e. The molecule has 0 amide bonds. The molecule has 94 valence electrons. The molecule has 3 heteroatoms. The summed E-state index contributed by atoms with van der Waals surface area (Å²) in [7, 11) is 0. The molecule has 2 N–H and O–H groups in total. The molecule has 0 saturated heterocycles. The molecule has 0 radical (unpaired) electrons. The molecule has 0 aliphatic heterocycles. The van der Waals surface area contributed by atoms with Gasteiger partial charge in [-0.25, -0.2) is 0 Å². The van der Waals surface area contributed by atoms with E-state index in [4.69, 9.17) is 17.3 Å². The summed E-state index contributed by atoms with van der Waals surface area (Å²) in [6.45, 7) is 2.05. The minimum atomic E-state index is -0.313. The van der Waals surface area contributed by atoms with Crippen molar-refractivity contribution in [1.82, 2.24) is 4.98 Å². The molecular weight excluding hydrogens is 244 g/mol. The highest BCUT2D eigenvalue weighted by Crippen LogP contribution is 2.21. The van der Waals surface area contributed by atoms with E-state index in [9.17, 15) is 0 Å². The second-order valence-electron chi connectivity index (χ2n) is 4.96. The highest BCUT2D eigenvalue weighted by molar-refractivity contribution is 6.31. The monoisotopic (exact) mass is 260 g/mol. The van der Waals surface area contributed by atoms with Gasteiger partial charge in [-0.05, 0) is 37.0 Å². The van der Waals surface area contributed by atoms with E-state index < -0.39 is 0 Å². The molecule has 2 aromatic rings. The molecule has 0 fully saturated rings. The third-order valence-electron chi connectivity index (χ3n) is 2.90. The fraction of sp³-hybridized carbons (Fsp3) is 0.267. The van der Waals surface area contributed by atoms with Crippen LogP contribution in [0, 0.1) is 0 Å². The fourth-order valence-corrected chi connectivity index (χ4v) is 2.29. The molecule has 1 aromatic heterocycles. The van der Waals surface area contributed by atoms with Gasteiger partial charge in [-0.15, -0.1) is 0 Å². The van der Waals surface area contributed by atoms with E-state index >= 15 is 0 Å². The van der Waals surface area contributed by atoms with Crippen LogP contribution in [0.2, 0.25) is 5.02 Å². The summed E-state index contributed by atoms with van der Waals surface area (Å²) in [6, 6.07) is 12.2. The molecule has 2 rings (SSSR count). The lowest BCUT2D eigenvalue weighted by Gasteiger charge is -2.25. The van der Waals surface area contributed by atoms with Crippen LogP contribution in [-0.2, 0) is 12.8 Å². The van der Waals surface area contributed by atoms with Gasteiger partial charge in [-0.3, -0.25) is 4.98 Å². The Bertz CT molecular complexity index is 509. The standard InChI is InChI=1S/C15H17ClN2/c1-15(17,9-12-5-3-2-4-6-12)10-13-7-8-18-11-14(13)16/h2-8,11H,9-10,17H2,1H3. The van der Waals surface area contributed by atoms with Crippen LogP contribution in [-0.4, -0.2) is 10.5 Å². The summed E-state index contributed by atoms with van der Waals surface area (Å²) in [5.74, 6) is 0. The van der Waals surface area contributed by atoms with E-state index in [-0.39, 0.29) is 5.54 Å². The summed E-state index contributed by atoms with van der Waals surface area (Å²) in [4.78, 5) is 3.99. The van der Waals surface area contributed by atoms with Crippen LogP contribution < -0.4 is 5.73 Å². The van der Waals surface area contributed by atoms with Crippen molar-refractivity contribution >= 4 is 11.6 Å². The third kappa shape index (κ3) is 3.56. The van der Waals surface area contributed by atoms with Gasteiger partial charge in [0.15, 0.2) is 0 Å². The van der Waals surface area contributed by atoms with Gasteiger partial charge in [0.2, 0.25) is 0 Å². The Balaban J connectivity index is 2.10. The lowest BCUT2D eigenvalue weighted by molar-refractivity contribution is 0.463. The first-order chi connectivity index (χ1) is 8.57. The van der Waals surface area contributed by atoms with Gasteiger partial charge in [-0.1, -0.05) is 41.9 Å². The lowest BCUT2D eigenvalue weighted by atomic mass is 9.88. The highest BCUT2D eigenvalue weighted by Gasteiger charge is 2.20. The van der Waals surface area contributed by atoms with E-state index in [0.29, 0.717) is 5.02 Å². The zero-order chi connectivity index (χ0) is 13.0. The van der Waals surface area contributed by atoms with Gasteiger partial charge in [0, 0.05) is 17.9 Å². The Morgan fingerprint density at radius 2 is 1.89 bits per heavy atom. The quantitative estimate of drug-likeness (QED) is 0.917. The maximum atomic E-state index is 6.37. The first-order valence-corrected chi connectivity index (χ1v) is 6.36. The Labute approximate surface area is 113 Å². The van der Waals surface area contributed by atoms with Crippen LogP contribution >= 0.6 is 11.6 Å². The van der Waals surface area contributed by atoms with Gasteiger partial charge >= 0.3 is 0 Å². The lowest BCUT2D eigenvalue weighted by Crippen LogP contribution is -2.41. The van der Waals surface area contributed by atoms with Crippen molar-refractivity contribution in [3.63, 3.8) is 0 Å². The third-order valence-corrected chi connectivity index (χ3v) is 3.24. The average molecular weight is 261 g/mol. The molecule has 2 nitrogen and oxygen atoms in total. The largest absolute Gasteiger partial charge is 0.325 e. The number of aromatic nitrogens is 1. The number of nitrogens with two attached hydrogens (primary N) is 1. The molecule has 1 heterocycles. The molecule has 0 bridgehead atoms. The second-order valence-corrected chi connectivity index (χ2v) is 5.37. The SMILES string of the molecule is CC(N)(Cc1ccccc1)Cc1ccncc1Cl. The molecule has 0 saturated carbocycles. The minimum absolute atomic E-state index is 0.313. The maximum Gasteiger partial charge on any atom is 0.0621 e.